The van der Waals surface area contributed by atoms with Crippen LogP contribution in [0.1, 0.15) is 35.6 Å². The van der Waals surface area contributed by atoms with Gasteiger partial charge in [0.1, 0.15) is 0 Å². The van der Waals surface area contributed by atoms with Gasteiger partial charge in [-0.15, -0.1) is 0 Å². The number of pyridine rings is 2. The molecule has 0 atom stereocenters. The maximum Gasteiger partial charge on any atom is 0.240 e. The number of carbonyl (C=O) groups is 2. The lowest BCUT2D eigenvalue weighted by Crippen LogP contribution is -2.23. The summed E-state index contributed by atoms with van der Waals surface area (Å²) in [6, 6.07) is 11.0. The van der Waals surface area contributed by atoms with Gasteiger partial charge in [-0.3, -0.25) is 19.6 Å². The average Bonchev–Trinajstić information content (AvgIpc) is 2.60. The number of carbonyl (C=O) groups excluding carboxylic acids is 2. The minimum Gasteiger partial charge on any atom is -0.273 e. The molecule has 0 radical (unpaired) electrons. The van der Waals surface area contributed by atoms with Gasteiger partial charge in [0.15, 0.2) is 0 Å². The molecular formula is C18H20N6O2. The van der Waals surface area contributed by atoms with Crippen molar-refractivity contribution < 1.29 is 9.59 Å². The number of nitrogens with zero attached hydrogens (tertiary/aromatic N) is 4. The number of rotatable bonds is 7. The minimum absolute atomic E-state index is 0.00261. The Kier molecular flexibility index (Phi) is 7.11. The predicted octanol–water partition coefficient (Wildman–Crippen LogP) is 1.47. The van der Waals surface area contributed by atoms with Crippen molar-refractivity contribution >= 4 is 24.2 Å². The molecule has 0 saturated carbocycles. The van der Waals surface area contributed by atoms with Gasteiger partial charge in [-0.1, -0.05) is 12.1 Å². The van der Waals surface area contributed by atoms with Gasteiger partial charge in [-0.2, -0.15) is 10.2 Å². The van der Waals surface area contributed by atoms with E-state index in [1.807, 2.05) is 38.1 Å². The summed E-state index contributed by atoms with van der Waals surface area (Å²) in [6.07, 6.45) is 2.90. The largest absolute Gasteiger partial charge is 0.273 e. The van der Waals surface area contributed by atoms with Gasteiger partial charge in [-0.25, -0.2) is 10.9 Å². The van der Waals surface area contributed by atoms with Crippen molar-refractivity contribution in [3.63, 3.8) is 0 Å². The Morgan fingerprint density at radius 2 is 1.27 bits per heavy atom. The lowest BCUT2D eigenvalue weighted by atomic mass is 10.3. The zero-order chi connectivity index (χ0) is 18.8. The van der Waals surface area contributed by atoms with Crippen molar-refractivity contribution in [2.45, 2.75) is 26.7 Å². The maximum atomic E-state index is 11.7. The Hall–Kier alpha value is -3.42. The number of amides is 2. The van der Waals surface area contributed by atoms with E-state index in [9.17, 15) is 9.59 Å². The normalized spacial score (nSPS) is 11.0. The molecule has 0 aliphatic rings. The summed E-state index contributed by atoms with van der Waals surface area (Å²) >= 11 is 0. The third-order valence-corrected chi connectivity index (χ3v) is 3.17. The van der Waals surface area contributed by atoms with Crippen molar-refractivity contribution in [2.24, 2.45) is 10.2 Å². The highest BCUT2D eigenvalue weighted by atomic mass is 16.2. The number of hydrogen-bond acceptors (Lipinski definition) is 6. The lowest BCUT2D eigenvalue weighted by molar-refractivity contribution is -0.126. The lowest BCUT2D eigenvalue weighted by Gasteiger charge is -2.00. The van der Waals surface area contributed by atoms with Crippen LogP contribution in [0.2, 0.25) is 0 Å². The SMILES string of the molecule is Cc1cccc(/C=N\NC(=O)CCC(=O)N/N=C\c2cccc(C)n2)n1. The summed E-state index contributed by atoms with van der Waals surface area (Å²) in [5.41, 5.74) is 7.71. The van der Waals surface area contributed by atoms with E-state index < -0.39 is 0 Å². The Morgan fingerprint density at radius 3 is 1.65 bits per heavy atom. The van der Waals surface area contributed by atoms with Crippen LogP contribution in [-0.2, 0) is 9.59 Å². The second kappa shape index (κ2) is 9.77. The molecule has 0 unspecified atom stereocenters. The van der Waals surface area contributed by atoms with Crippen molar-refractivity contribution in [3.8, 4) is 0 Å². The van der Waals surface area contributed by atoms with Crippen LogP contribution >= 0.6 is 0 Å². The van der Waals surface area contributed by atoms with Crippen LogP contribution in [-0.4, -0.2) is 34.2 Å². The Balaban J connectivity index is 1.69. The molecule has 2 amide bonds. The summed E-state index contributed by atoms with van der Waals surface area (Å²) in [4.78, 5) is 31.8. The molecule has 0 aliphatic heterocycles. The molecule has 0 spiro atoms. The van der Waals surface area contributed by atoms with Crippen LogP contribution in [0.15, 0.2) is 46.6 Å². The van der Waals surface area contributed by atoms with Gasteiger partial charge in [-0.05, 0) is 38.1 Å². The zero-order valence-corrected chi connectivity index (χ0v) is 14.6. The standard InChI is InChI=1S/C18H20N6O2/c1-13-5-3-7-15(21-13)11-19-23-17(25)9-10-18(26)24-20-12-16-8-4-6-14(2)22-16/h3-8,11-12H,9-10H2,1-2H3,(H,23,25)(H,24,26)/b19-11-,20-12-. The molecule has 2 rings (SSSR count). The van der Waals surface area contributed by atoms with Crippen LogP contribution < -0.4 is 10.9 Å². The highest BCUT2D eigenvalue weighted by molar-refractivity contribution is 5.85. The Labute approximate surface area is 151 Å². The number of aryl methyl sites for hydroxylation is 2. The third kappa shape index (κ3) is 7.00. The molecule has 2 aromatic heterocycles. The Morgan fingerprint density at radius 1 is 0.846 bits per heavy atom. The fraction of sp³-hybridized carbons (Fsp3) is 0.222. The summed E-state index contributed by atoms with van der Waals surface area (Å²) in [5.74, 6) is -0.734. The van der Waals surface area contributed by atoms with E-state index >= 15 is 0 Å². The average molecular weight is 352 g/mol. The van der Waals surface area contributed by atoms with Crippen LogP contribution in [0, 0.1) is 13.8 Å². The first-order valence-corrected chi connectivity index (χ1v) is 8.04. The van der Waals surface area contributed by atoms with Crippen LogP contribution in [0.5, 0.6) is 0 Å². The first-order valence-electron chi connectivity index (χ1n) is 8.04. The van der Waals surface area contributed by atoms with Gasteiger partial charge in [0, 0.05) is 24.2 Å². The van der Waals surface area contributed by atoms with E-state index in [1.165, 1.54) is 12.4 Å². The molecule has 2 aromatic rings. The summed E-state index contributed by atoms with van der Waals surface area (Å²) < 4.78 is 0. The van der Waals surface area contributed by atoms with Gasteiger partial charge >= 0.3 is 0 Å². The quantitative estimate of drug-likeness (QED) is 0.581. The number of hydrazone groups is 2. The number of hydrogen-bond donors (Lipinski definition) is 2. The Bertz CT molecular complexity index is 762. The van der Waals surface area contributed by atoms with Crippen LogP contribution in [0.4, 0.5) is 0 Å². The molecule has 134 valence electrons. The molecule has 0 aliphatic carbocycles. The van der Waals surface area contributed by atoms with E-state index in [1.54, 1.807) is 12.1 Å². The van der Waals surface area contributed by atoms with Gasteiger partial charge < -0.3 is 0 Å². The van der Waals surface area contributed by atoms with Crippen molar-refractivity contribution in [1.29, 1.82) is 0 Å². The fourth-order valence-electron chi connectivity index (χ4n) is 1.95. The van der Waals surface area contributed by atoms with E-state index in [2.05, 4.69) is 31.0 Å². The first-order chi connectivity index (χ1) is 12.5. The molecule has 26 heavy (non-hydrogen) atoms. The van der Waals surface area contributed by atoms with Gasteiger partial charge in [0.2, 0.25) is 11.8 Å². The molecule has 0 bridgehead atoms. The first kappa shape index (κ1) is 18.9. The van der Waals surface area contributed by atoms with Crippen LogP contribution in [0.25, 0.3) is 0 Å². The molecule has 8 heteroatoms. The highest BCUT2D eigenvalue weighted by Gasteiger charge is 2.05. The second-order valence-corrected chi connectivity index (χ2v) is 5.49. The van der Waals surface area contributed by atoms with E-state index in [0.717, 1.165) is 11.4 Å². The molecule has 0 fully saturated rings. The topological polar surface area (TPSA) is 109 Å². The van der Waals surface area contributed by atoms with E-state index in [-0.39, 0.29) is 24.7 Å². The maximum absolute atomic E-state index is 11.7. The van der Waals surface area contributed by atoms with Crippen LogP contribution in [0.3, 0.4) is 0 Å². The van der Waals surface area contributed by atoms with Crippen molar-refractivity contribution in [1.82, 2.24) is 20.8 Å². The van der Waals surface area contributed by atoms with Crippen molar-refractivity contribution in [3.05, 3.63) is 59.2 Å². The zero-order valence-electron chi connectivity index (χ0n) is 14.6. The molecular weight excluding hydrogens is 332 g/mol. The smallest absolute Gasteiger partial charge is 0.240 e. The highest BCUT2D eigenvalue weighted by Crippen LogP contribution is 1.96. The molecule has 0 saturated heterocycles. The van der Waals surface area contributed by atoms with E-state index in [4.69, 9.17) is 0 Å². The summed E-state index contributed by atoms with van der Waals surface area (Å²) in [7, 11) is 0. The number of aromatic nitrogens is 2. The minimum atomic E-state index is -0.367. The molecule has 2 N–H and O–H groups in total. The monoisotopic (exact) mass is 352 g/mol. The molecule has 2 heterocycles. The van der Waals surface area contributed by atoms with Gasteiger partial charge in [0.05, 0.1) is 23.8 Å². The van der Waals surface area contributed by atoms with Crippen molar-refractivity contribution in [2.75, 3.05) is 0 Å². The second-order valence-electron chi connectivity index (χ2n) is 5.49. The summed E-state index contributed by atoms with van der Waals surface area (Å²) in [6.45, 7) is 3.73. The molecule has 0 aromatic carbocycles. The summed E-state index contributed by atoms with van der Waals surface area (Å²) in [5, 5.41) is 7.63. The predicted molar refractivity (Wildman–Crippen MR) is 98.7 cm³/mol. The number of nitrogens with one attached hydrogen (secondary N) is 2. The van der Waals surface area contributed by atoms with E-state index in [0.29, 0.717) is 11.4 Å². The fourth-order valence-corrected chi connectivity index (χ4v) is 1.95. The third-order valence-electron chi connectivity index (χ3n) is 3.17. The molecule has 8 nitrogen and oxygen atoms in total. The van der Waals surface area contributed by atoms with Gasteiger partial charge in [0.25, 0.3) is 0 Å².